The molecule has 2 aromatic carbocycles. The van der Waals surface area contributed by atoms with E-state index >= 15 is 0 Å². The number of sulfonamides is 1. The van der Waals surface area contributed by atoms with Crippen molar-refractivity contribution in [2.45, 2.75) is 24.7 Å². The van der Waals surface area contributed by atoms with Gasteiger partial charge in [0.15, 0.2) is 0 Å². The van der Waals surface area contributed by atoms with Crippen molar-refractivity contribution in [3.05, 3.63) is 64.2 Å². The van der Waals surface area contributed by atoms with Crippen LogP contribution in [0.25, 0.3) is 0 Å². The number of rotatable bonds is 5. The molecule has 0 aliphatic carbocycles. The summed E-state index contributed by atoms with van der Waals surface area (Å²) in [4.78, 5) is 27.7. The van der Waals surface area contributed by atoms with E-state index in [2.05, 4.69) is 6.92 Å². The van der Waals surface area contributed by atoms with Gasteiger partial charge in [0.25, 0.3) is 11.6 Å². The molecule has 176 valence electrons. The first kappa shape index (κ1) is 23.2. The summed E-state index contributed by atoms with van der Waals surface area (Å²) in [7, 11) is -3.56. The number of piperazine rings is 1. The standard InChI is InChI=1S/C23H28N4O5S/c1-18-10-12-26(13-11-18)33(31,32)20-8-6-19(7-9-20)23(28)25-16-14-24(15-17-25)21-4-2-3-5-22(21)27(29)30/h2-9,18H,10-17H2,1H3. The van der Waals surface area contributed by atoms with Crippen molar-refractivity contribution < 1.29 is 18.1 Å². The van der Waals surface area contributed by atoms with Gasteiger partial charge < -0.3 is 9.80 Å². The highest BCUT2D eigenvalue weighted by Gasteiger charge is 2.29. The minimum Gasteiger partial charge on any atom is -0.362 e. The zero-order valence-electron chi connectivity index (χ0n) is 18.6. The smallest absolute Gasteiger partial charge is 0.292 e. The second kappa shape index (κ2) is 9.48. The lowest BCUT2D eigenvalue weighted by atomic mass is 10.0. The maximum Gasteiger partial charge on any atom is 0.292 e. The predicted molar refractivity (Wildman–Crippen MR) is 125 cm³/mol. The topological polar surface area (TPSA) is 104 Å². The van der Waals surface area contributed by atoms with Gasteiger partial charge in [-0.05, 0) is 49.1 Å². The number of amides is 1. The van der Waals surface area contributed by atoms with Gasteiger partial charge in [-0.2, -0.15) is 4.31 Å². The number of anilines is 1. The Morgan fingerprint density at radius 3 is 2.15 bits per heavy atom. The molecule has 0 unspecified atom stereocenters. The van der Waals surface area contributed by atoms with E-state index in [0.717, 1.165) is 12.8 Å². The normalized spacial score (nSPS) is 18.3. The molecule has 2 saturated heterocycles. The summed E-state index contributed by atoms with van der Waals surface area (Å²) < 4.78 is 27.3. The Hall–Kier alpha value is -2.98. The molecule has 0 aromatic heterocycles. The SMILES string of the molecule is CC1CCN(S(=O)(=O)c2ccc(C(=O)N3CCN(c4ccccc4[N+](=O)[O-])CC3)cc2)CC1. The first-order valence-electron chi connectivity index (χ1n) is 11.2. The summed E-state index contributed by atoms with van der Waals surface area (Å²) >= 11 is 0. The number of carbonyl (C=O) groups is 1. The molecule has 33 heavy (non-hydrogen) atoms. The summed E-state index contributed by atoms with van der Waals surface area (Å²) in [6.07, 6.45) is 1.71. The Labute approximate surface area is 193 Å². The minimum atomic E-state index is -3.56. The molecule has 1 amide bonds. The fraction of sp³-hybridized carbons (Fsp3) is 0.435. The van der Waals surface area contributed by atoms with Crippen molar-refractivity contribution in [3.8, 4) is 0 Å². The molecular weight excluding hydrogens is 444 g/mol. The summed E-state index contributed by atoms with van der Waals surface area (Å²) in [6, 6.07) is 12.7. The van der Waals surface area contributed by atoms with Crippen molar-refractivity contribution in [1.82, 2.24) is 9.21 Å². The number of benzene rings is 2. The molecule has 2 fully saturated rings. The van der Waals surface area contributed by atoms with Crippen molar-refractivity contribution in [1.29, 1.82) is 0 Å². The lowest BCUT2D eigenvalue weighted by Crippen LogP contribution is -2.49. The molecule has 0 radical (unpaired) electrons. The van der Waals surface area contributed by atoms with E-state index in [-0.39, 0.29) is 16.5 Å². The van der Waals surface area contributed by atoms with Gasteiger partial charge in [-0.1, -0.05) is 19.1 Å². The zero-order valence-corrected chi connectivity index (χ0v) is 19.4. The van der Waals surface area contributed by atoms with E-state index in [1.807, 2.05) is 4.90 Å². The molecular formula is C23H28N4O5S. The molecule has 0 saturated carbocycles. The quantitative estimate of drug-likeness (QED) is 0.490. The molecule has 2 aliphatic rings. The fourth-order valence-electron chi connectivity index (χ4n) is 4.36. The van der Waals surface area contributed by atoms with E-state index in [4.69, 9.17) is 0 Å². The maximum atomic E-state index is 13.0. The monoisotopic (exact) mass is 472 g/mol. The number of para-hydroxylation sites is 2. The number of hydrogen-bond acceptors (Lipinski definition) is 6. The van der Waals surface area contributed by atoms with Crippen LogP contribution in [0.1, 0.15) is 30.1 Å². The number of nitro groups is 1. The molecule has 0 spiro atoms. The van der Waals surface area contributed by atoms with Crippen molar-refractivity contribution >= 4 is 27.3 Å². The Balaban J connectivity index is 1.40. The number of hydrogen-bond donors (Lipinski definition) is 0. The van der Waals surface area contributed by atoms with Crippen molar-refractivity contribution in [3.63, 3.8) is 0 Å². The highest BCUT2D eigenvalue weighted by Crippen LogP contribution is 2.29. The average Bonchev–Trinajstić information content (AvgIpc) is 2.84. The van der Waals surface area contributed by atoms with E-state index in [1.54, 1.807) is 35.2 Å². The Morgan fingerprint density at radius 1 is 0.939 bits per heavy atom. The van der Waals surface area contributed by atoms with Crippen LogP contribution >= 0.6 is 0 Å². The largest absolute Gasteiger partial charge is 0.362 e. The van der Waals surface area contributed by atoms with Crippen molar-refractivity contribution in [2.75, 3.05) is 44.2 Å². The van der Waals surface area contributed by atoms with Crippen LogP contribution in [0.2, 0.25) is 0 Å². The summed E-state index contributed by atoms with van der Waals surface area (Å²) in [5, 5.41) is 11.3. The number of nitro benzene ring substituents is 1. The van der Waals surface area contributed by atoms with Gasteiger partial charge in [-0.25, -0.2) is 8.42 Å². The summed E-state index contributed by atoms with van der Waals surface area (Å²) in [6.45, 7) is 4.99. The molecule has 0 atom stereocenters. The van der Waals surface area contributed by atoms with E-state index in [1.165, 1.54) is 22.5 Å². The van der Waals surface area contributed by atoms with Crippen LogP contribution in [0.3, 0.4) is 0 Å². The van der Waals surface area contributed by atoms with Crippen LogP contribution in [-0.4, -0.2) is 67.7 Å². The third kappa shape index (κ3) is 4.86. The van der Waals surface area contributed by atoms with Gasteiger partial charge >= 0.3 is 0 Å². The Kier molecular flexibility index (Phi) is 6.66. The number of nitrogens with zero attached hydrogens (tertiary/aromatic N) is 4. The first-order valence-corrected chi connectivity index (χ1v) is 12.6. The highest BCUT2D eigenvalue weighted by atomic mass is 32.2. The van der Waals surface area contributed by atoms with Gasteiger partial charge in [-0.3, -0.25) is 14.9 Å². The first-order chi connectivity index (χ1) is 15.8. The minimum absolute atomic E-state index is 0.0530. The molecule has 2 heterocycles. The second-order valence-electron chi connectivity index (χ2n) is 8.64. The zero-order chi connectivity index (χ0) is 23.6. The molecule has 2 aliphatic heterocycles. The van der Waals surface area contributed by atoms with E-state index in [0.29, 0.717) is 56.4 Å². The molecule has 9 nitrogen and oxygen atoms in total. The van der Waals surface area contributed by atoms with Crippen LogP contribution in [0, 0.1) is 16.0 Å². The molecule has 4 rings (SSSR count). The molecule has 10 heteroatoms. The highest BCUT2D eigenvalue weighted by molar-refractivity contribution is 7.89. The average molecular weight is 473 g/mol. The third-order valence-corrected chi connectivity index (χ3v) is 8.38. The molecule has 0 bridgehead atoms. The third-order valence-electron chi connectivity index (χ3n) is 6.47. The van der Waals surface area contributed by atoms with Gasteiger partial charge in [0, 0.05) is 50.9 Å². The lowest BCUT2D eigenvalue weighted by molar-refractivity contribution is -0.384. The van der Waals surface area contributed by atoms with E-state index < -0.39 is 14.9 Å². The van der Waals surface area contributed by atoms with Gasteiger partial charge in [-0.15, -0.1) is 0 Å². The number of carbonyl (C=O) groups excluding carboxylic acids is 1. The van der Waals surface area contributed by atoms with E-state index in [9.17, 15) is 23.3 Å². The van der Waals surface area contributed by atoms with Gasteiger partial charge in [0.05, 0.1) is 9.82 Å². The Morgan fingerprint density at radius 2 is 1.55 bits per heavy atom. The lowest BCUT2D eigenvalue weighted by Gasteiger charge is -2.35. The fourth-order valence-corrected chi connectivity index (χ4v) is 5.83. The van der Waals surface area contributed by atoms with Crippen LogP contribution in [0.15, 0.2) is 53.4 Å². The summed E-state index contributed by atoms with van der Waals surface area (Å²) in [5.41, 5.74) is 1.04. The second-order valence-corrected chi connectivity index (χ2v) is 10.6. The van der Waals surface area contributed by atoms with Crippen LogP contribution in [0.5, 0.6) is 0 Å². The molecule has 0 N–H and O–H groups in total. The summed E-state index contributed by atoms with van der Waals surface area (Å²) in [5.74, 6) is 0.359. The van der Waals surface area contributed by atoms with Crippen LogP contribution in [-0.2, 0) is 10.0 Å². The van der Waals surface area contributed by atoms with Gasteiger partial charge in [0.1, 0.15) is 5.69 Å². The van der Waals surface area contributed by atoms with Crippen molar-refractivity contribution in [2.24, 2.45) is 5.92 Å². The van der Waals surface area contributed by atoms with Crippen LogP contribution < -0.4 is 4.90 Å². The maximum absolute atomic E-state index is 13.0. The molecule has 2 aromatic rings. The predicted octanol–water partition coefficient (Wildman–Crippen LogP) is 2.98. The van der Waals surface area contributed by atoms with Crippen LogP contribution in [0.4, 0.5) is 11.4 Å². The Bertz CT molecular complexity index is 1120. The number of piperidine rings is 1. The van der Waals surface area contributed by atoms with Gasteiger partial charge in [0.2, 0.25) is 10.0 Å².